The van der Waals surface area contributed by atoms with E-state index in [1.807, 2.05) is 24.3 Å². The fourth-order valence-corrected chi connectivity index (χ4v) is 2.61. The molecular formula is C13H11NO3S. The zero-order chi connectivity index (χ0) is 12.5. The summed E-state index contributed by atoms with van der Waals surface area (Å²) in [6.07, 6.45) is -0.238. The van der Waals surface area contributed by atoms with E-state index in [1.54, 1.807) is 5.38 Å². The third-order valence-electron chi connectivity index (χ3n) is 2.67. The first kappa shape index (κ1) is 11.2. The average Bonchev–Trinajstić information content (AvgIpc) is 2.88. The molecule has 0 fully saturated rings. The molecule has 3 rings (SSSR count). The Balaban J connectivity index is 1.85. The summed E-state index contributed by atoms with van der Waals surface area (Å²) in [4.78, 5) is 15.5. The molecule has 1 aromatic heterocycles. The van der Waals surface area contributed by atoms with E-state index in [-0.39, 0.29) is 11.9 Å². The van der Waals surface area contributed by atoms with Crippen LogP contribution in [0.15, 0.2) is 29.6 Å². The van der Waals surface area contributed by atoms with Gasteiger partial charge in [0.15, 0.2) is 23.4 Å². The van der Waals surface area contributed by atoms with Crippen LogP contribution in [0.25, 0.3) is 0 Å². The Morgan fingerprint density at radius 2 is 2.17 bits per heavy atom. The molecule has 0 aliphatic carbocycles. The largest absolute Gasteiger partial charge is 0.485 e. The number of hydrogen-bond donors (Lipinski definition) is 0. The maximum absolute atomic E-state index is 11.2. The predicted octanol–water partition coefficient (Wildman–Crippen LogP) is 2.86. The lowest BCUT2D eigenvalue weighted by Gasteiger charge is -2.24. The van der Waals surface area contributed by atoms with Crippen molar-refractivity contribution in [1.82, 2.24) is 4.98 Å². The zero-order valence-electron chi connectivity index (χ0n) is 9.75. The minimum absolute atomic E-state index is 0.0328. The molecular weight excluding hydrogens is 250 g/mol. The number of benzene rings is 1. The van der Waals surface area contributed by atoms with Crippen molar-refractivity contribution in [1.29, 1.82) is 0 Å². The first-order valence-corrected chi connectivity index (χ1v) is 6.47. The third-order valence-corrected chi connectivity index (χ3v) is 3.60. The molecule has 92 valence electrons. The van der Waals surface area contributed by atoms with Crippen molar-refractivity contribution in [3.05, 3.63) is 40.3 Å². The molecule has 2 heterocycles. The maximum atomic E-state index is 11.2. The van der Waals surface area contributed by atoms with E-state index < -0.39 is 0 Å². The number of hydrogen-bond acceptors (Lipinski definition) is 5. The number of aromatic nitrogens is 1. The van der Waals surface area contributed by atoms with Gasteiger partial charge in [-0.05, 0) is 12.1 Å². The Kier molecular flexibility index (Phi) is 2.76. The van der Waals surface area contributed by atoms with Crippen molar-refractivity contribution in [3.8, 4) is 11.5 Å². The lowest BCUT2D eigenvalue weighted by Crippen LogP contribution is -2.21. The molecule has 0 saturated carbocycles. The number of carbonyl (C=O) groups is 1. The molecule has 18 heavy (non-hydrogen) atoms. The number of thiazole rings is 1. The van der Waals surface area contributed by atoms with E-state index in [0.717, 1.165) is 10.8 Å². The third kappa shape index (κ3) is 1.97. The van der Waals surface area contributed by atoms with Crippen LogP contribution in [0, 0.1) is 0 Å². The van der Waals surface area contributed by atoms with Crippen molar-refractivity contribution in [3.63, 3.8) is 0 Å². The van der Waals surface area contributed by atoms with Crippen molar-refractivity contribution < 1.29 is 14.3 Å². The molecule has 0 radical (unpaired) electrons. The summed E-state index contributed by atoms with van der Waals surface area (Å²) in [7, 11) is 0. The average molecular weight is 261 g/mol. The van der Waals surface area contributed by atoms with E-state index in [4.69, 9.17) is 9.47 Å². The quantitative estimate of drug-likeness (QED) is 0.780. The monoisotopic (exact) mass is 261 g/mol. The van der Waals surface area contributed by atoms with Crippen LogP contribution in [0.2, 0.25) is 0 Å². The van der Waals surface area contributed by atoms with Crippen LogP contribution >= 0.6 is 11.3 Å². The highest BCUT2D eigenvalue weighted by Gasteiger charge is 2.25. The molecule has 0 amide bonds. The fraction of sp³-hybridized carbons (Fsp3) is 0.231. The van der Waals surface area contributed by atoms with E-state index in [9.17, 15) is 4.79 Å². The normalized spacial score (nSPS) is 17.5. The number of para-hydroxylation sites is 2. The molecule has 0 spiro atoms. The Labute approximate surface area is 108 Å². The van der Waals surface area contributed by atoms with Gasteiger partial charge in [0.05, 0.1) is 0 Å². The van der Waals surface area contributed by atoms with Crippen LogP contribution in [-0.2, 0) is 0 Å². The number of Topliss-reactive ketones (excluding diaryl/α,β-unsaturated/α-hetero) is 1. The summed E-state index contributed by atoms with van der Waals surface area (Å²) in [5, 5.41) is 2.52. The molecule has 0 N–H and O–H groups in total. The van der Waals surface area contributed by atoms with E-state index in [2.05, 4.69) is 4.98 Å². The summed E-state index contributed by atoms with van der Waals surface area (Å²) in [6, 6.07) is 7.53. The van der Waals surface area contributed by atoms with Crippen LogP contribution in [0.5, 0.6) is 11.5 Å². The van der Waals surface area contributed by atoms with Crippen molar-refractivity contribution in [2.24, 2.45) is 0 Å². The molecule has 4 nitrogen and oxygen atoms in total. The molecule has 1 atom stereocenters. The number of nitrogens with zero attached hydrogens (tertiary/aromatic N) is 1. The molecule has 5 heteroatoms. The number of fused-ring (bicyclic) bond motifs is 1. The lowest BCUT2D eigenvalue weighted by atomic mass is 10.2. The summed E-state index contributed by atoms with van der Waals surface area (Å²) in [5.74, 6) is 1.43. The first-order valence-electron chi connectivity index (χ1n) is 5.59. The molecule has 2 aromatic rings. The van der Waals surface area contributed by atoms with Crippen molar-refractivity contribution in [2.75, 3.05) is 6.61 Å². The van der Waals surface area contributed by atoms with E-state index in [1.165, 1.54) is 18.3 Å². The minimum atomic E-state index is -0.238. The number of rotatable bonds is 2. The van der Waals surface area contributed by atoms with E-state index in [0.29, 0.717) is 18.1 Å². The summed E-state index contributed by atoms with van der Waals surface area (Å²) < 4.78 is 11.4. The van der Waals surface area contributed by atoms with Crippen LogP contribution in [0.3, 0.4) is 0 Å². The van der Waals surface area contributed by atoms with Gasteiger partial charge in [-0.15, -0.1) is 11.3 Å². The van der Waals surface area contributed by atoms with Gasteiger partial charge in [0.25, 0.3) is 0 Å². The van der Waals surface area contributed by atoms with Crippen LogP contribution in [0.4, 0.5) is 0 Å². The van der Waals surface area contributed by atoms with Gasteiger partial charge < -0.3 is 9.47 Å². The number of carbonyl (C=O) groups excluding carboxylic acids is 1. The van der Waals surface area contributed by atoms with Gasteiger partial charge in [-0.1, -0.05) is 12.1 Å². The Morgan fingerprint density at radius 1 is 1.39 bits per heavy atom. The highest BCUT2D eigenvalue weighted by Crippen LogP contribution is 2.36. The molecule has 0 bridgehead atoms. The standard InChI is InChI=1S/C13H11NO3S/c1-8(15)9-7-18-13(14-9)12-6-16-10-4-2-3-5-11(10)17-12/h2-5,7,12H,6H2,1H3. The minimum Gasteiger partial charge on any atom is -0.485 e. The van der Waals surface area contributed by atoms with Gasteiger partial charge in [0, 0.05) is 12.3 Å². The van der Waals surface area contributed by atoms with Crippen molar-refractivity contribution in [2.45, 2.75) is 13.0 Å². The number of ether oxygens (including phenoxy) is 2. The smallest absolute Gasteiger partial charge is 0.184 e. The predicted molar refractivity (Wildman–Crippen MR) is 67.4 cm³/mol. The van der Waals surface area contributed by atoms with Crippen LogP contribution in [-0.4, -0.2) is 17.4 Å². The second kappa shape index (κ2) is 4.42. The first-order chi connectivity index (χ1) is 8.74. The molecule has 1 aliphatic rings. The fourth-order valence-electron chi connectivity index (χ4n) is 1.74. The van der Waals surface area contributed by atoms with Gasteiger partial charge in [-0.3, -0.25) is 4.79 Å². The summed E-state index contributed by atoms with van der Waals surface area (Å²) in [5.41, 5.74) is 0.484. The second-order valence-corrected chi connectivity index (χ2v) is 4.88. The summed E-state index contributed by atoms with van der Waals surface area (Å²) in [6.45, 7) is 1.92. The van der Waals surface area contributed by atoms with Gasteiger partial charge in [0.1, 0.15) is 17.3 Å². The number of ketones is 1. The van der Waals surface area contributed by atoms with Gasteiger partial charge in [-0.25, -0.2) is 4.98 Å². The van der Waals surface area contributed by atoms with E-state index >= 15 is 0 Å². The second-order valence-electron chi connectivity index (χ2n) is 3.99. The van der Waals surface area contributed by atoms with Gasteiger partial charge in [0.2, 0.25) is 0 Å². The molecule has 0 saturated heterocycles. The Bertz CT molecular complexity index is 593. The SMILES string of the molecule is CC(=O)c1csc(C2COc3ccccc3O2)n1. The maximum Gasteiger partial charge on any atom is 0.184 e. The zero-order valence-corrected chi connectivity index (χ0v) is 10.6. The molecule has 1 unspecified atom stereocenters. The van der Waals surface area contributed by atoms with Crippen molar-refractivity contribution >= 4 is 17.1 Å². The summed E-state index contributed by atoms with van der Waals surface area (Å²) >= 11 is 1.42. The lowest BCUT2D eigenvalue weighted by molar-refractivity contribution is 0.0905. The van der Waals surface area contributed by atoms with Crippen LogP contribution < -0.4 is 9.47 Å². The molecule has 1 aromatic carbocycles. The topological polar surface area (TPSA) is 48.4 Å². The Morgan fingerprint density at radius 3 is 2.89 bits per heavy atom. The van der Waals surface area contributed by atoms with Gasteiger partial charge >= 0.3 is 0 Å². The Hall–Kier alpha value is -1.88. The highest BCUT2D eigenvalue weighted by atomic mass is 32.1. The highest BCUT2D eigenvalue weighted by molar-refractivity contribution is 7.09. The van der Waals surface area contributed by atoms with Gasteiger partial charge in [-0.2, -0.15) is 0 Å². The van der Waals surface area contributed by atoms with Crippen LogP contribution in [0.1, 0.15) is 28.5 Å². The molecule has 1 aliphatic heterocycles.